The number of piperazine rings is 1. The summed E-state index contributed by atoms with van der Waals surface area (Å²) in [5.41, 5.74) is 0.763. The lowest BCUT2D eigenvalue weighted by Crippen LogP contribution is -2.54. The van der Waals surface area contributed by atoms with Crippen molar-refractivity contribution in [2.24, 2.45) is 0 Å². The Morgan fingerprint density at radius 2 is 1.72 bits per heavy atom. The molecule has 2 aliphatic rings. The summed E-state index contributed by atoms with van der Waals surface area (Å²) in [5.74, 6) is -0.309. The highest BCUT2D eigenvalue weighted by atomic mass is 19.1. The number of β-amino-alcohol motifs (C(OH)–C–C–N with tert-alkyl or cyclic N) is 1. The first-order valence-corrected chi connectivity index (χ1v) is 8.64. The summed E-state index contributed by atoms with van der Waals surface area (Å²) in [6.07, 6.45) is -0.376. The maximum absolute atomic E-state index is 13.0. The van der Waals surface area contributed by atoms with Gasteiger partial charge in [0, 0.05) is 46.2 Å². The normalized spacial score (nSPS) is 24.6. The van der Waals surface area contributed by atoms with Crippen LogP contribution < -0.4 is 0 Å². The summed E-state index contributed by atoms with van der Waals surface area (Å²) in [7, 11) is 0. The lowest BCUT2D eigenvalue weighted by atomic mass is 10.1. The van der Waals surface area contributed by atoms with Crippen molar-refractivity contribution >= 4 is 11.8 Å². The highest BCUT2D eigenvalue weighted by molar-refractivity contribution is 5.79. The first-order chi connectivity index (χ1) is 11.9. The minimum atomic E-state index is -0.582. The minimum absolute atomic E-state index is 0.0597. The zero-order chi connectivity index (χ0) is 18.0. The highest BCUT2D eigenvalue weighted by Crippen LogP contribution is 2.19. The number of aliphatic hydroxyl groups is 1. The number of hydrogen-bond acceptors (Lipinski definition) is 4. The van der Waals surface area contributed by atoms with Crippen LogP contribution >= 0.6 is 0 Å². The number of carbonyl (C=O) groups excluding carboxylic acids is 2. The fraction of sp³-hybridized carbons (Fsp3) is 0.556. The van der Waals surface area contributed by atoms with Crippen molar-refractivity contribution in [3.63, 3.8) is 0 Å². The van der Waals surface area contributed by atoms with E-state index in [0.717, 1.165) is 5.56 Å². The third kappa shape index (κ3) is 4.16. The van der Waals surface area contributed by atoms with Crippen molar-refractivity contribution in [3.05, 3.63) is 35.6 Å². The van der Waals surface area contributed by atoms with E-state index in [1.54, 1.807) is 28.9 Å². The van der Waals surface area contributed by atoms with Gasteiger partial charge in [-0.25, -0.2) is 4.39 Å². The molecule has 6 nitrogen and oxygen atoms in total. The second-order valence-corrected chi connectivity index (χ2v) is 6.78. The Bertz CT molecular complexity index is 629. The van der Waals surface area contributed by atoms with Crippen LogP contribution in [-0.4, -0.2) is 83.0 Å². The summed E-state index contributed by atoms with van der Waals surface area (Å²) in [6, 6.07) is 5.82. The zero-order valence-corrected chi connectivity index (χ0v) is 14.4. The molecule has 2 heterocycles. The lowest BCUT2D eigenvalue weighted by molar-refractivity contribution is -0.131. The average Bonchev–Trinajstić information content (AvgIpc) is 2.99. The van der Waals surface area contributed by atoms with Crippen molar-refractivity contribution in [3.8, 4) is 0 Å². The van der Waals surface area contributed by atoms with Crippen LogP contribution in [0.15, 0.2) is 24.3 Å². The van der Waals surface area contributed by atoms with Gasteiger partial charge < -0.3 is 14.9 Å². The van der Waals surface area contributed by atoms with Gasteiger partial charge in [-0.3, -0.25) is 14.5 Å². The monoisotopic (exact) mass is 349 g/mol. The molecule has 3 rings (SSSR count). The van der Waals surface area contributed by atoms with Gasteiger partial charge in [0.2, 0.25) is 11.8 Å². The summed E-state index contributed by atoms with van der Waals surface area (Å²) < 4.78 is 13.0. The first-order valence-electron chi connectivity index (χ1n) is 8.64. The van der Waals surface area contributed by atoms with Crippen molar-refractivity contribution in [1.82, 2.24) is 14.7 Å². The van der Waals surface area contributed by atoms with Crippen molar-refractivity contribution in [2.45, 2.75) is 25.5 Å². The van der Waals surface area contributed by atoms with Crippen molar-refractivity contribution < 1.29 is 19.1 Å². The van der Waals surface area contributed by atoms with Gasteiger partial charge in [0.05, 0.1) is 18.6 Å². The molecule has 0 aliphatic carbocycles. The standard InChI is InChI=1S/C18H24FN3O3/c1-13(23)20-6-8-21(9-7-20)16-11-22(12-17(16)24)18(25)10-14-2-4-15(19)5-3-14/h2-5,16-17,24H,6-12H2,1H3/t16-,17-/m1/s1. The number of carbonyl (C=O) groups is 2. The van der Waals surface area contributed by atoms with Crippen LogP contribution in [0.3, 0.4) is 0 Å². The van der Waals surface area contributed by atoms with E-state index in [-0.39, 0.29) is 30.1 Å². The van der Waals surface area contributed by atoms with E-state index < -0.39 is 6.10 Å². The molecular formula is C18H24FN3O3. The Kier molecular flexibility index (Phi) is 5.34. The van der Waals surface area contributed by atoms with Crippen LogP contribution in [0, 0.1) is 5.82 Å². The molecule has 25 heavy (non-hydrogen) atoms. The van der Waals surface area contributed by atoms with E-state index in [1.165, 1.54) is 12.1 Å². The molecule has 0 radical (unpaired) electrons. The summed E-state index contributed by atoms with van der Waals surface area (Å²) in [4.78, 5) is 29.5. The Morgan fingerprint density at radius 1 is 1.08 bits per heavy atom. The molecule has 136 valence electrons. The molecular weight excluding hydrogens is 325 g/mol. The largest absolute Gasteiger partial charge is 0.390 e. The Morgan fingerprint density at radius 3 is 2.32 bits per heavy atom. The second kappa shape index (κ2) is 7.49. The van der Waals surface area contributed by atoms with Gasteiger partial charge in [-0.15, -0.1) is 0 Å². The highest BCUT2D eigenvalue weighted by Gasteiger charge is 2.38. The number of rotatable bonds is 3. The molecule has 7 heteroatoms. The first kappa shape index (κ1) is 17.8. The van der Waals surface area contributed by atoms with Gasteiger partial charge in [-0.1, -0.05) is 12.1 Å². The van der Waals surface area contributed by atoms with Gasteiger partial charge in [-0.2, -0.15) is 0 Å². The molecule has 0 saturated carbocycles. The fourth-order valence-electron chi connectivity index (χ4n) is 3.59. The number of likely N-dealkylation sites (tertiary alicyclic amines) is 1. The van der Waals surface area contributed by atoms with Crippen LogP contribution in [0.25, 0.3) is 0 Å². The molecule has 0 aromatic heterocycles. The van der Waals surface area contributed by atoms with E-state index in [0.29, 0.717) is 39.3 Å². The van der Waals surface area contributed by atoms with E-state index >= 15 is 0 Å². The third-order valence-electron chi connectivity index (χ3n) is 5.11. The molecule has 2 amide bonds. The minimum Gasteiger partial charge on any atom is -0.390 e. The molecule has 0 unspecified atom stereocenters. The van der Waals surface area contributed by atoms with Crippen LogP contribution in [0.5, 0.6) is 0 Å². The predicted molar refractivity (Wildman–Crippen MR) is 90.3 cm³/mol. The topological polar surface area (TPSA) is 64.1 Å². The van der Waals surface area contributed by atoms with Crippen LogP contribution in [0.4, 0.5) is 4.39 Å². The average molecular weight is 349 g/mol. The van der Waals surface area contributed by atoms with Gasteiger partial charge in [0.25, 0.3) is 0 Å². The molecule has 2 fully saturated rings. The molecule has 1 N–H and O–H groups in total. The number of hydrogen-bond donors (Lipinski definition) is 1. The molecule has 2 aliphatic heterocycles. The van der Waals surface area contributed by atoms with Crippen molar-refractivity contribution in [1.29, 1.82) is 0 Å². The smallest absolute Gasteiger partial charge is 0.227 e. The van der Waals surface area contributed by atoms with E-state index in [2.05, 4.69) is 4.90 Å². The summed E-state index contributed by atoms with van der Waals surface area (Å²) in [6.45, 7) is 5.10. The molecule has 0 bridgehead atoms. The van der Waals surface area contributed by atoms with E-state index in [1.807, 2.05) is 0 Å². The SMILES string of the molecule is CC(=O)N1CCN([C@@H]2CN(C(=O)Cc3ccc(F)cc3)C[C@H]2O)CC1. The third-order valence-corrected chi connectivity index (χ3v) is 5.11. The van der Waals surface area contributed by atoms with E-state index in [4.69, 9.17) is 0 Å². The predicted octanol–water partition coefficient (Wildman–Crippen LogP) is 0.104. The summed E-state index contributed by atoms with van der Waals surface area (Å²) in [5, 5.41) is 10.4. The Balaban J connectivity index is 1.55. The van der Waals surface area contributed by atoms with Crippen LogP contribution in [-0.2, 0) is 16.0 Å². The van der Waals surface area contributed by atoms with Gasteiger partial charge in [0.1, 0.15) is 5.82 Å². The van der Waals surface area contributed by atoms with E-state index in [9.17, 15) is 19.1 Å². The molecule has 1 aromatic rings. The van der Waals surface area contributed by atoms with Gasteiger partial charge in [-0.05, 0) is 17.7 Å². The van der Waals surface area contributed by atoms with Crippen LogP contribution in [0.1, 0.15) is 12.5 Å². The van der Waals surface area contributed by atoms with Gasteiger partial charge >= 0.3 is 0 Å². The molecule has 0 spiro atoms. The Labute approximate surface area is 146 Å². The lowest BCUT2D eigenvalue weighted by Gasteiger charge is -2.38. The van der Waals surface area contributed by atoms with Crippen LogP contribution in [0.2, 0.25) is 0 Å². The number of aliphatic hydroxyl groups excluding tert-OH is 1. The Hall–Kier alpha value is -1.99. The quantitative estimate of drug-likeness (QED) is 0.841. The molecule has 2 saturated heterocycles. The second-order valence-electron chi connectivity index (χ2n) is 6.78. The maximum Gasteiger partial charge on any atom is 0.227 e. The molecule has 2 atom stereocenters. The number of amides is 2. The zero-order valence-electron chi connectivity index (χ0n) is 14.4. The van der Waals surface area contributed by atoms with Crippen molar-refractivity contribution in [2.75, 3.05) is 39.3 Å². The number of halogens is 1. The maximum atomic E-state index is 13.0. The number of benzene rings is 1. The van der Waals surface area contributed by atoms with Gasteiger partial charge in [0.15, 0.2) is 0 Å². The molecule has 1 aromatic carbocycles. The summed E-state index contributed by atoms with van der Waals surface area (Å²) >= 11 is 0. The fourth-order valence-corrected chi connectivity index (χ4v) is 3.59. The number of nitrogens with zero attached hydrogens (tertiary/aromatic N) is 3.